The van der Waals surface area contributed by atoms with Crippen LogP contribution in [0.3, 0.4) is 0 Å². The summed E-state index contributed by atoms with van der Waals surface area (Å²) in [6.45, 7) is 16.1. The second-order valence-corrected chi connectivity index (χ2v) is 29.8. The molecule has 0 aromatic rings. The third-order valence-electron chi connectivity index (χ3n) is 17.1. The molecular weight excluding hydrogens is 1280 g/mol. The first-order chi connectivity index (χ1) is 45.6. The van der Waals surface area contributed by atoms with Crippen LogP contribution in [0.4, 0.5) is 9.59 Å². The number of rotatable bonds is 0. The Morgan fingerprint density at radius 1 is 0.427 bits per heavy atom. The van der Waals surface area contributed by atoms with Gasteiger partial charge in [-0.05, 0) is 166 Å². The number of nitrogens with two attached hydrogens (primary N) is 14. The summed E-state index contributed by atoms with van der Waals surface area (Å²) in [7, 11) is -2.70. The summed E-state index contributed by atoms with van der Waals surface area (Å²) in [6, 6.07) is 1.85. The fourth-order valence-electron chi connectivity index (χ4n) is 10.4. The Bertz CT molecular complexity index is 2010. The van der Waals surface area contributed by atoms with Crippen molar-refractivity contribution in [3.8, 4) is 0 Å². The lowest BCUT2D eigenvalue weighted by Gasteiger charge is -2.28. The van der Waals surface area contributed by atoms with Crippen LogP contribution in [0.5, 0.6) is 0 Å². The summed E-state index contributed by atoms with van der Waals surface area (Å²) in [5.74, 6) is 3.37. The number of ether oxygens (including phenoxy) is 2. The maximum atomic E-state index is 10.8. The quantitative estimate of drug-likeness (QED) is 0.109. The van der Waals surface area contributed by atoms with Gasteiger partial charge in [-0.1, -0.05) is 0 Å². The van der Waals surface area contributed by atoms with Crippen molar-refractivity contribution in [2.24, 2.45) is 80.3 Å². The van der Waals surface area contributed by atoms with Crippen LogP contribution in [-0.2, 0) is 38.5 Å². The average Bonchev–Trinajstić information content (AvgIpc) is 1.73. The fourth-order valence-corrected chi connectivity index (χ4v) is 13.0. The first kappa shape index (κ1) is 90.1. The summed E-state index contributed by atoms with van der Waals surface area (Å²) >= 11 is 2.02. The third-order valence-corrected chi connectivity index (χ3v) is 19.9. The van der Waals surface area contributed by atoms with Gasteiger partial charge < -0.3 is 131 Å². The van der Waals surface area contributed by atoms with Crippen LogP contribution in [0.1, 0.15) is 148 Å². The fraction of sp³-hybridized carbons (Fsp3) is 0.903. The second-order valence-electron chi connectivity index (χ2n) is 26.2. The largest absolute Gasteiger partial charge is 0.381 e. The topological polar surface area (TPSA) is 589 Å². The number of thioether (sulfide) groups is 1. The van der Waals surface area contributed by atoms with E-state index in [4.69, 9.17) is 89.7 Å². The summed E-state index contributed by atoms with van der Waals surface area (Å²) in [5.41, 5.74) is 76.3. The molecule has 12 saturated heterocycles. The van der Waals surface area contributed by atoms with Crippen molar-refractivity contribution in [1.29, 1.82) is 0 Å². The molecule has 8 amide bonds. The molecule has 32 nitrogen and oxygen atoms in total. The molecule has 0 spiro atoms. The van der Waals surface area contributed by atoms with Gasteiger partial charge in [0.2, 0.25) is 23.6 Å². The summed E-state index contributed by atoms with van der Waals surface area (Å²) in [6.07, 6.45) is 21.7. The van der Waals surface area contributed by atoms with Crippen molar-refractivity contribution in [3.05, 3.63) is 0 Å². The van der Waals surface area contributed by atoms with Crippen LogP contribution in [0.2, 0.25) is 0 Å². The smallest absolute Gasteiger partial charge is 0.314 e. The van der Waals surface area contributed by atoms with E-state index >= 15 is 0 Å². The summed E-state index contributed by atoms with van der Waals surface area (Å²) < 4.78 is 31.6. The number of carbonyl (C=O) groups excluding carboxylic acids is 6. The number of piperidine rings is 4. The predicted octanol–water partition coefficient (Wildman–Crippen LogP) is -4.17. The molecule has 12 fully saturated rings. The first-order valence-electron chi connectivity index (χ1n) is 35.2. The van der Waals surface area contributed by atoms with Gasteiger partial charge >= 0.3 is 12.1 Å². The SMILES string of the molecule is CC(=O)N1CCC(N)CC1.NC(=O)N1CCC(N)C1.NC(=O)N1CCC(N)CC1.NC1CCCCNC1=O.NC1CCCNC1.NC1CCCOC1.NC1CCNCC1.NC1CCOCC1.NC1CCS(=O)(=O)CC1.NC1CCSCC1.NC1CNC(=O)C1.N[C@H]1CCNC1=O. The lowest BCUT2D eigenvalue weighted by molar-refractivity contribution is -0.130. The molecule has 5 unspecified atom stereocenters. The average molecular weight is 1410 g/mol. The van der Waals surface area contributed by atoms with Gasteiger partial charge in [0, 0.05) is 159 Å². The van der Waals surface area contributed by atoms with E-state index in [0.29, 0.717) is 68.6 Å². The van der Waals surface area contributed by atoms with Gasteiger partial charge in [0.05, 0.1) is 30.2 Å². The molecule has 0 aliphatic carbocycles. The molecule has 6 atom stereocenters. The Kier molecular flexibility index (Phi) is 51.5. The normalized spacial score (nSPS) is 27.1. The van der Waals surface area contributed by atoms with E-state index in [9.17, 15) is 37.2 Å². The molecule has 12 aliphatic heterocycles. The zero-order valence-corrected chi connectivity index (χ0v) is 59.8. The molecule has 12 rings (SSSR count). The van der Waals surface area contributed by atoms with E-state index in [-0.39, 0.29) is 83.4 Å². The predicted molar refractivity (Wildman–Crippen MR) is 384 cm³/mol. The molecular formula is C62H134N22O10S2. The van der Waals surface area contributed by atoms with Gasteiger partial charge in [-0.2, -0.15) is 11.8 Å². The molecule has 12 aliphatic rings. The van der Waals surface area contributed by atoms with Gasteiger partial charge in [0.15, 0.2) is 0 Å². The lowest BCUT2D eigenvalue weighted by Crippen LogP contribution is -2.45. The molecule has 96 heavy (non-hydrogen) atoms. The van der Waals surface area contributed by atoms with E-state index in [1.165, 1.54) is 37.2 Å². The zero-order valence-electron chi connectivity index (χ0n) is 58.2. The number of hydrogen-bond donors (Lipinski definition) is 19. The molecule has 0 saturated carbocycles. The van der Waals surface area contributed by atoms with E-state index in [1.54, 1.807) is 16.7 Å². The van der Waals surface area contributed by atoms with Crippen molar-refractivity contribution >= 4 is 57.3 Å². The highest BCUT2D eigenvalue weighted by atomic mass is 32.2. The van der Waals surface area contributed by atoms with Gasteiger partial charge in [0.25, 0.3) is 0 Å². The molecule has 0 aromatic heterocycles. The van der Waals surface area contributed by atoms with Crippen LogP contribution in [-0.4, -0.2) is 266 Å². The number of nitrogens with zero attached hydrogens (tertiary/aromatic N) is 3. The number of amides is 8. The molecule has 0 bridgehead atoms. The summed E-state index contributed by atoms with van der Waals surface area (Å²) in [4.78, 5) is 68.2. The minimum atomic E-state index is -2.70. The van der Waals surface area contributed by atoms with Gasteiger partial charge in [0.1, 0.15) is 9.84 Å². The number of primary amides is 2. The Hall–Kier alpha value is -3.92. The van der Waals surface area contributed by atoms with E-state index < -0.39 is 9.84 Å². The molecule has 564 valence electrons. The molecule has 0 radical (unpaired) electrons. The Labute approximate surface area is 578 Å². The van der Waals surface area contributed by atoms with Crippen LogP contribution in [0.25, 0.3) is 0 Å². The molecule has 33 N–H and O–H groups in total. The Balaban J connectivity index is 0.000000525. The van der Waals surface area contributed by atoms with Crippen LogP contribution in [0, 0.1) is 0 Å². The number of likely N-dealkylation sites (tertiary alicyclic amines) is 3. The standard InChI is InChI=1S/C7H14N2O.C6H13N3O.C6H12N2O.C5H11N3O.2C5H12N2.C5H11NO2S.2C5H11NO.C5H11NS.2C4H8N2O/c1-6(10)9-4-2-7(8)3-5-9;7-5-1-3-9(4-2-5)6(8)10;7-5-3-1-2-4-8-6(5)9;6-4-1-2-8(3-4)5(7)9;6-5-1-3-7-4-2-5;6-5-2-1-3-7-4-5;6-5-1-3-9(7,8)4-2-5;6-5-1-3-7-4-2-5;6-5-2-1-3-7-4-5;6-5-1-3-7-4-2-5;5-3-1-4(7)6-2-3;5-3-1-2-6-4(3)7/h7H,2-5,8H2,1H3;5H,1-4,7H2,(H2,8,10);5H,1-4,7H2,(H,8,9);4H,1-3,6H2,(H2,7,9);2*5,7H,1-4,6H2;5H,1-4,6H2;3*5H,1-4,6H2;2*3H,1-2,5H2,(H,6,7)/t;;;;;;;;;;;3-/m...........0/s1. The number of hydrogen-bond acceptors (Lipinski definition) is 25. The van der Waals surface area contributed by atoms with Gasteiger partial charge in [-0.15, -0.1) is 0 Å². The van der Waals surface area contributed by atoms with Crippen LogP contribution in [0.15, 0.2) is 0 Å². The number of nitrogens with one attached hydrogen (secondary N) is 5. The van der Waals surface area contributed by atoms with Crippen molar-refractivity contribution in [1.82, 2.24) is 41.3 Å². The minimum Gasteiger partial charge on any atom is -0.381 e. The molecule has 12 heterocycles. The minimum absolute atomic E-state index is 0.00694. The molecule has 34 heteroatoms. The zero-order chi connectivity index (χ0) is 71.7. The highest BCUT2D eigenvalue weighted by Crippen LogP contribution is 2.15. The van der Waals surface area contributed by atoms with E-state index in [1.807, 2.05) is 16.7 Å². The highest BCUT2D eigenvalue weighted by molar-refractivity contribution is 7.99. The Morgan fingerprint density at radius 3 is 1.22 bits per heavy atom. The first-order valence-corrected chi connectivity index (χ1v) is 38.1. The highest BCUT2D eigenvalue weighted by Gasteiger charge is 2.24. The number of carbonyl (C=O) groups is 6. The van der Waals surface area contributed by atoms with Crippen molar-refractivity contribution in [3.63, 3.8) is 0 Å². The van der Waals surface area contributed by atoms with E-state index in [0.717, 1.165) is 195 Å². The van der Waals surface area contributed by atoms with Crippen LogP contribution >= 0.6 is 11.8 Å². The number of urea groups is 2. The van der Waals surface area contributed by atoms with Gasteiger partial charge in [-0.3, -0.25) is 19.2 Å². The third kappa shape index (κ3) is 49.6. The lowest BCUT2D eigenvalue weighted by atomic mass is 10.1. The maximum Gasteiger partial charge on any atom is 0.314 e. The summed E-state index contributed by atoms with van der Waals surface area (Å²) in [5, 5.41) is 14.4. The maximum absolute atomic E-state index is 10.8. The molecule has 0 aromatic carbocycles. The van der Waals surface area contributed by atoms with Crippen molar-refractivity contribution in [2.45, 2.75) is 221 Å². The second kappa shape index (κ2) is 54.8. The van der Waals surface area contributed by atoms with Gasteiger partial charge in [-0.25, -0.2) is 18.0 Å². The number of sulfone groups is 1. The van der Waals surface area contributed by atoms with Crippen LogP contribution < -0.4 is 107 Å². The van der Waals surface area contributed by atoms with Crippen molar-refractivity contribution in [2.75, 3.05) is 135 Å². The van der Waals surface area contributed by atoms with Crippen molar-refractivity contribution < 1.29 is 46.7 Å². The van der Waals surface area contributed by atoms with E-state index in [2.05, 4.69) is 26.6 Å². The monoisotopic (exact) mass is 1410 g/mol. The Morgan fingerprint density at radius 2 is 0.917 bits per heavy atom.